The maximum atomic E-state index is 10.6. The molecule has 0 aliphatic heterocycles. The minimum Gasteiger partial charge on any atom is -0.387 e. The molecule has 0 fully saturated rings. The van der Waals surface area contributed by atoms with Gasteiger partial charge < -0.3 is 20.6 Å². The molecule has 0 aliphatic carbocycles. The van der Waals surface area contributed by atoms with Crippen LogP contribution >= 0.6 is 7.82 Å². The third-order valence-corrected chi connectivity index (χ3v) is 4.67. The maximum absolute atomic E-state index is 10.6. The summed E-state index contributed by atoms with van der Waals surface area (Å²) in [6.07, 6.45) is 17.6. The van der Waals surface area contributed by atoms with Crippen molar-refractivity contribution in [2.45, 2.75) is 96.1 Å². The monoisotopic (exact) mass is 379 g/mol. The van der Waals surface area contributed by atoms with Gasteiger partial charge in [0.2, 0.25) is 0 Å². The lowest BCUT2D eigenvalue weighted by molar-refractivity contribution is 0.129. The van der Waals surface area contributed by atoms with Gasteiger partial charge in [0.05, 0.1) is 18.8 Å². The third kappa shape index (κ3) is 18.4. The number of nitrogens with two attached hydrogens (primary N) is 1. The Morgan fingerprint density at radius 2 is 1.44 bits per heavy atom. The summed E-state index contributed by atoms with van der Waals surface area (Å²) >= 11 is 0. The van der Waals surface area contributed by atoms with E-state index in [0.717, 1.165) is 12.8 Å². The number of hydrogen-bond donors (Lipinski definition) is 4. The van der Waals surface area contributed by atoms with Crippen LogP contribution in [-0.4, -0.2) is 33.6 Å². The van der Waals surface area contributed by atoms with Crippen molar-refractivity contribution in [1.29, 1.82) is 0 Å². The van der Waals surface area contributed by atoms with Crippen molar-refractivity contribution in [2.75, 3.05) is 6.61 Å². The van der Waals surface area contributed by atoms with E-state index < -0.39 is 20.0 Å². The molecule has 0 saturated carbocycles. The molecule has 7 heteroatoms. The first-order valence-electron chi connectivity index (χ1n) is 9.67. The van der Waals surface area contributed by atoms with Gasteiger partial charge in [0.1, 0.15) is 0 Å². The molecule has 0 heterocycles. The van der Waals surface area contributed by atoms with Gasteiger partial charge in [-0.25, -0.2) is 4.57 Å². The molecule has 0 aromatic heterocycles. The fourth-order valence-corrected chi connectivity index (χ4v) is 2.95. The number of phosphoric acid groups is 1. The molecule has 2 atom stereocenters. The molecule has 0 aromatic rings. The van der Waals surface area contributed by atoms with E-state index in [9.17, 15) is 9.67 Å². The average Bonchev–Trinajstić information content (AvgIpc) is 2.56. The Bertz CT molecular complexity index is 372. The van der Waals surface area contributed by atoms with Crippen molar-refractivity contribution >= 4 is 7.82 Å². The number of phosphoric ester groups is 1. The normalized spacial score (nSPS) is 14.9. The second-order valence-electron chi connectivity index (χ2n) is 6.69. The predicted octanol–water partition coefficient (Wildman–Crippen LogP) is 4.04. The van der Waals surface area contributed by atoms with Gasteiger partial charge in [0, 0.05) is 0 Å². The van der Waals surface area contributed by atoms with Gasteiger partial charge >= 0.3 is 7.82 Å². The summed E-state index contributed by atoms with van der Waals surface area (Å²) in [5.74, 6) is 0. The van der Waals surface area contributed by atoms with Gasteiger partial charge in [0.25, 0.3) is 0 Å². The van der Waals surface area contributed by atoms with E-state index in [0.29, 0.717) is 0 Å². The van der Waals surface area contributed by atoms with Crippen molar-refractivity contribution in [3.63, 3.8) is 0 Å². The zero-order valence-corrected chi connectivity index (χ0v) is 16.6. The summed E-state index contributed by atoms with van der Waals surface area (Å²) in [7, 11) is -4.53. The van der Waals surface area contributed by atoms with E-state index in [1.807, 2.05) is 6.08 Å². The molecule has 0 rings (SSSR count). The van der Waals surface area contributed by atoms with Crippen LogP contribution in [0.5, 0.6) is 0 Å². The quantitative estimate of drug-likeness (QED) is 0.172. The predicted molar refractivity (Wildman–Crippen MR) is 102 cm³/mol. The van der Waals surface area contributed by atoms with Gasteiger partial charge in [-0.3, -0.25) is 4.52 Å². The molecule has 0 bridgehead atoms. The molecule has 5 N–H and O–H groups in total. The fourth-order valence-electron chi connectivity index (χ4n) is 2.59. The lowest BCUT2D eigenvalue weighted by Gasteiger charge is -2.15. The van der Waals surface area contributed by atoms with Crippen molar-refractivity contribution < 1.29 is 24.0 Å². The molecule has 0 radical (unpaired) electrons. The van der Waals surface area contributed by atoms with Crippen molar-refractivity contribution in [3.05, 3.63) is 12.2 Å². The Hall–Kier alpha value is -0.230. The van der Waals surface area contributed by atoms with Crippen LogP contribution in [0.1, 0.15) is 84.0 Å². The summed E-state index contributed by atoms with van der Waals surface area (Å²) in [5.41, 5.74) is 5.60. The van der Waals surface area contributed by atoms with Crippen LogP contribution in [-0.2, 0) is 9.09 Å². The number of allylic oxidation sites excluding steroid dienone is 1. The molecule has 0 saturated heterocycles. The standard InChI is InChI=1S/C18H38NO5P/c1-2-3-4-5-6-7-8-9-10-11-12-13-14-15-18(20)17(19)16-24-25(21,22)23/h14-15,17-18,20H,2-13,16,19H2,1H3,(H2,21,22,23)/b15-14+/t17-,18?/m0/s1. The first-order valence-corrected chi connectivity index (χ1v) is 11.2. The molecule has 0 spiro atoms. The Labute approximate surface area is 153 Å². The molecular weight excluding hydrogens is 341 g/mol. The summed E-state index contributed by atoms with van der Waals surface area (Å²) in [6.45, 7) is 1.86. The average molecular weight is 379 g/mol. The van der Waals surface area contributed by atoms with Crippen LogP contribution in [0.15, 0.2) is 12.2 Å². The molecule has 25 heavy (non-hydrogen) atoms. The number of hydrogen-bond acceptors (Lipinski definition) is 4. The van der Waals surface area contributed by atoms with Crippen molar-refractivity contribution in [3.8, 4) is 0 Å². The molecule has 0 amide bonds. The van der Waals surface area contributed by atoms with Crippen LogP contribution in [0.2, 0.25) is 0 Å². The zero-order valence-electron chi connectivity index (χ0n) is 15.7. The van der Waals surface area contributed by atoms with Gasteiger partial charge in [-0.15, -0.1) is 0 Å². The van der Waals surface area contributed by atoms with Crippen LogP contribution in [0.25, 0.3) is 0 Å². The van der Waals surface area contributed by atoms with E-state index in [2.05, 4.69) is 11.4 Å². The number of aliphatic hydroxyl groups is 1. The lowest BCUT2D eigenvalue weighted by Crippen LogP contribution is -2.37. The fraction of sp³-hybridized carbons (Fsp3) is 0.889. The topological polar surface area (TPSA) is 113 Å². The van der Waals surface area contributed by atoms with Gasteiger partial charge in [-0.1, -0.05) is 83.3 Å². The largest absolute Gasteiger partial charge is 0.469 e. The number of rotatable bonds is 17. The summed E-state index contributed by atoms with van der Waals surface area (Å²) < 4.78 is 14.8. The van der Waals surface area contributed by atoms with Crippen LogP contribution in [0.3, 0.4) is 0 Å². The molecule has 0 aromatic carbocycles. The van der Waals surface area contributed by atoms with Gasteiger partial charge in [0.15, 0.2) is 0 Å². The minimum absolute atomic E-state index is 0.381. The molecule has 1 unspecified atom stereocenters. The second-order valence-corrected chi connectivity index (χ2v) is 7.93. The zero-order chi connectivity index (χ0) is 19.0. The van der Waals surface area contributed by atoms with Gasteiger partial charge in [-0.05, 0) is 12.8 Å². The van der Waals surface area contributed by atoms with E-state index in [1.165, 1.54) is 64.2 Å². The highest BCUT2D eigenvalue weighted by Crippen LogP contribution is 2.35. The summed E-state index contributed by atoms with van der Waals surface area (Å²) in [5, 5.41) is 9.75. The van der Waals surface area contributed by atoms with Crippen molar-refractivity contribution in [2.24, 2.45) is 5.73 Å². The Morgan fingerprint density at radius 3 is 1.92 bits per heavy atom. The third-order valence-electron chi connectivity index (χ3n) is 4.18. The first kappa shape index (κ1) is 24.8. The Kier molecular flexibility index (Phi) is 15.8. The molecule has 150 valence electrons. The van der Waals surface area contributed by atoms with Crippen LogP contribution in [0, 0.1) is 0 Å². The Morgan fingerprint density at radius 1 is 0.960 bits per heavy atom. The van der Waals surface area contributed by atoms with E-state index in [-0.39, 0.29) is 6.61 Å². The van der Waals surface area contributed by atoms with E-state index in [4.69, 9.17) is 15.5 Å². The molecule has 0 aliphatic rings. The highest BCUT2D eigenvalue weighted by atomic mass is 31.2. The smallest absolute Gasteiger partial charge is 0.387 e. The highest BCUT2D eigenvalue weighted by Gasteiger charge is 2.19. The van der Waals surface area contributed by atoms with Crippen molar-refractivity contribution in [1.82, 2.24) is 0 Å². The van der Waals surface area contributed by atoms with Gasteiger partial charge in [-0.2, -0.15) is 0 Å². The maximum Gasteiger partial charge on any atom is 0.469 e. The summed E-state index contributed by atoms with van der Waals surface area (Å²) in [4.78, 5) is 17.2. The minimum atomic E-state index is -4.53. The Balaban J connectivity index is 3.46. The molecular formula is C18H38NO5P. The molecule has 6 nitrogen and oxygen atoms in total. The highest BCUT2D eigenvalue weighted by molar-refractivity contribution is 7.46. The van der Waals surface area contributed by atoms with E-state index in [1.54, 1.807) is 6.08 Å². The number of aliphatic hydroxyl groups excluding tert-OH is 1. The first-order chi connectivity index (χ1) is 11.9. The number of unbranched alkanes of at least 4 members (excludes halogenated alkanes) is 11. The lowest BCUT2D eigenvalue weighted by atomic mass is 10.0. The van der Waals surface area contributed by atoms with E-state index >= 15 is 0 Å². The van der Waals surface area contributed by atoms with Crippen LogP contribution in [0.4, 0.5) is 0 Å². The SMILES string of the molecule is CCCCCCCCCCCCC/C=C/C(O)[C@@H](N)COP(=O)(O)O. The second kappa shape index (κ2) is 16.0. The summed E-state index contributed by atoms with van der Waals surface area (Å²) in [6, 6.07) is -0.846. The van der Waals surface area contributed by atoms with Crippen LogP contribution < -0.4 is 5.73 Å².